The minimum atomic E-state index is -0.564. The van der Waals surface area contributed by atoms with Crippen LogP contribution >= 0.6 is 0 Å². The maximum Gasteiger partial charge on any atom is 0.287 e. The van der Waals surface area contributed by atoms with Gasteiger partial charge in [0, 0.05) is 17.1 Å². The SMILES string of the molecule is C[C@@H](Nc1ccc([N+](=O)[O-])c(C#N)c1)c1cc2ccccc2o1. The summed E-state index contributed by atoms with van der Waals surface area (Å²) in [6.07, 6.45) is 0. The molecule has 2 aromatic carbocycles. The molecule has 0 bridgehead atoms. The van der Waals surface area contributed by atoms with E-state index in [0.717, 1.165) is 16.7 Å². The number of nitrogens with zero attached hydrogens (tertiary/aromatic N) is 2. The molecule has 0 saturated carbocycles. The van der Waals surface area contributed by atoms with Crippen molar-refractivity contribution in [3.05, 3.63) is 70.0 Å². The number of hydrogen-bond acceptors (Lipinski definition) is 5. The Labute approximate surface area is 132 Å². The van der Waals surface area contributed by atoms with Crippen LogP contribution < -0.4 is 5.32 Å². The Morgan fingerprint density at radius 2 is 2.04 bits per heavy atom. The van der Waals surface area contributed by atoms with Gasteiger partial charge in [-0.25, -0.2) is 0 Å². The highest BCUT2D eigenvalue weighted by Crippen LogP contribution is 2.28. The number of nitrogens with one attached hydrogen (secondary N) is 1. The number of nitriles is 1. The average molecular weight is 307 g/mol. The number of para-hydroxylation sites is 1. The molecule has 1 aromatic heterocycles. The summed E-state index contributed by atoms with van der Waals surface area (Å²) in [5, 5.41) is 24.1. The van der Waals surface area contributed by atoms with Crippen LogP contribution in [-0.2, 0) is 0 Å². The zero-order chi connectivity index (χ0) is 16.4. The summed E-state index contributed by atoms with van der Waals surface area (Å²) in [6, 6.07) is 15.7. The Bertz CT molecular complexity index is 891. The third kappa shape index (κ3) is 2.85. The third-order valence-electron chi connectivity index (χ3n) is 3.57. The molecule has 23 heavy (non-hydrogen) atoms. The smallest absolute Gasteiger partial charge is 0.287 e. The summed E-state index contributed by atoms with van der Waals surface area (Å²) >= 11 is 0. The number of anilines is 1. The van der Waals surface area contributed by atoms with Gasteiger partial charge in [0.15, 0.2) is 0 Å². The van der Waals surface area contributed by atoms with Crippen molar-refractivity contribution < 1.29 is 9.34 Å². The second-order valence-electron chi connectivity index (χ2n) is 5.15. The van der Waals surface area contributed by atoms with E-state index in [0.29, 0.717) is 5.69 Å². The Morgan fingerprint density at radius 3 is 2.74 bits per heavy atom. The van der Waals surface area contributed by atoms with E-state index in [9.17, 15) is 10.1 Å². The average Bonchev–Trinajstić information content (AvgIpc) is 2.98. The monoisotopic (exact) mass is 307 g/mol. The summed E-state index contributed by atoms with van der Waals surface area (Å²) in [6.45, 7) is 1.92. The molecule has 0 unspecified atom stereocenters. The van der Waals surface area contributed by atoms with Crippen molar-refractivity contribution >= 4 is 22.3 Å². The van der Waals surface area contributed by atoms with Gasteiger partial charge < -0.3 is 9.73 Å². The molecule has 0 amide bonds. The van der Waals surface area contributed by atoms with Crippen LogP contribution in [0.1, 0.15) is 24.3 Å². The number of fused-ring (bicyclic) bond motifs is 1. The standard InChI is InChI=1S/C17H13N3O3/c1-11(17-9-12-4-2-3-5-16(12)23-17)19-14-6-7-15(20(21)22)13(8-14)10-18/h2-9,11,19H,1H3/t11-/m1/s1. The molecule has 0 saturated heterocycles. The largest absolute Gasteiger partial charge is 0.459 e. The first-order valence-corrected chi connectivity index (χ1v) is 7.02. The maximum absolute atomic E-state index is 10.9. The highest BCUT2D eigenvalue weighted by molar-refractivity contribution is 5.78. The zero-order valence-electron chi connectivity index (χ0n) is 12.3. The Hall–Kier alpha value is -3.33. The summed E-state index contributed by atoms with van der Waals surface area (Å²) < 4.78 is 5.78. The van der Waals surface area contributed by atoms with E-state index < -0.39 is 4.92 Å². The molecule has 1 N–H and O–H groups in total. The van der Waals surface area contributed by atoms with Gasteiger partial charge in [-0.05, 0) is 31.2 Å². The molecule has 0 fully saturated rings. The van der Waals surface area contributed by atoms with Crippen LogP contribution in [-0.4, -0.2) is 4.92 Å². The van der Waals surface area contributed by atoms with Crippen LogP contribution in [0.5, 0.6) is 0 Å². The summed E-state index contributed by atoms with van der Waals surface area (Å²) in [5.74, 6) is 0.753. The lowest BCUT2D eigenvalue weighted by atomic mass is 10.1. The number of nitro groups is 1. The Morgan fingerprint density at radius 1 is 1.26 bits per heavy atom. The van der Waals surface area contributed by atoms with Crippen LogP contribution in [0, 0.1) is 21.4 Å². The summed E-state index contributed by atoms with van der Waals surface area (Å²) in [4.78, 5) is 10.3. The quantitative estimate of drug-likeness (QED) is 0.570. The van der Waals surface area contributed by atoms with Crippen LogP contribution in [0.15, 0.2) is 52.9 Å². The van der Waals surface area contributed by atoms with E-state index in [4.69, 9.17) is 9.68 Å². The van der Waals surface area contributed by atoms with E-state index in [1.807, 2.05) is 43.3 Å². The first kappa shape index (κ1) is 14.6. The van der Waals surface area contributed by atoms with Crippen LogP contribution in [0.2, 0.25) is 0 Å². The Balaban J connectivity index is 1.86. The van der Waals surface area contributed by atoms with Gasteiger partial charge in [0.05, 0.1) is 11.0 Å². The fourth-order valence-electron chi connectivity index (χ4n) is 2.41. The maximum atomic E-state index is 10.9. The second kappa shape index (κ2) is 5.81. The molecule has 1 atom stereocenters. The van der Waals surface area contributed by atoms with E-state index in [1.54, 1.807) is 6.07 Å². The molecule has 114 valence electrons. The van der Waals surface area contributed by atoms with Crippen molar-refractivity contribution in [3.8, 4) is 6.07 Å². The van der Waals surface area contributed by atoms with E-state index in [2.05, 4.69) is 5.32 Å². The van der Waals surface area contributed by atoms with E-state index in [1.165, 1.54) is 12.1 Å². The molecule has 0 aliphatic rings. The highest BCUT2D eigenvalue weighted by atomic mass is 16.6. The molecule has 0 aliphatic heterocycles. The topological polar surface area (TPSA) is 92.1 Å². The molecule has 6 nitrogen and oxygen atoms in total. The molecule has 3 rings (SSSR count). The lowest BCUT2D eigenvalue weighted by molar-refractivity contribution is -0.385. The summed E-state index contributed by atoms with van der Waals surface area (Å²) in [5.41, 5.74) is 1.25. The van der Waals surface area contributed by atoms with Crippen molar-refractivity contribution in [2.45, 2.75) is 13.0 Å². The molecule has 3 aromatic rings. The normalized spacial score (nSPS) is 11.8. The molecule has 0 spiro atoms. The second-order valence-corrected chi connectivity index (χ2v) is 5.15. The third-order valence-corrected chi connectivity index (χ3v) is 3.57. The minimum absolute atomic E-state index is 0.0248. The number of rotatable bonds is 4. The first-order chi connectivity index (χ1) is 11.1. The van der Waals surface area contributed by atoms with Crippen molar-refractivity contribution in [1.29, 1.82) is 5.26 Å². The molecular weight excluding hydrogens is 294 g/mol. The minimum Gasteiger partial charge on any atom is -0.459 e. The zero-order valence-corrected chi connectivity index (χ0v) is 12.3. The van der Waals surface area contributed by atoms with Crippen molar-refractivity contribution in [2.75, 3.05) is 5.32 Å². The predicted molar refractivity (Wildman–Crippen MR) is 86.1 cm³/mol. The molecular formula is C17H13N3O3. The number of nitro benzene ring substituents is 1. The van der Waals surface area contributed by atoms with Gasteiger partial charge in [-0.3, -0.25) is 10.1 Å². The van der Waals surface area contributed by atoms with Gasteiger partial charge in [-0.2, -0.15) is 5.26 Å². The van der Waals surface area contributed by atoms with Gasteiger partial charge in [0.1, 0.15) is 23.0 Å². The number of benzene rings is 2. The van der Waals surface area contributed by atoms with Crippen LogP contribution in [0.3, 0.4) is 0 Å². The molecule has 1 heterocycles. The van der Waals surface area contributed by atoms with Gasteiger partial charge in [0.2, 0.25) is 0 Å². The molecule has 0 radical (unpaired) electrons. The molecule has 0 aliphatic carbocycles. The van der Waals surface area contributed by atoms with E-state index >= 15 is 0 Å². The predicted octanol–water partition coefficient (Wildman–Crippen LogP) is 4.39. The molecule has 6 heteroatoms. The van der Waals surface area contributed by atoms with Crippen molar-refractivity contribution in [2.24, 2.45) is 0 Å². The van der Waals surface area contributed by atoms with Gasteiger partial charge in [-0.15, -0.1) is 0 Å². The fraction of sp³-hybridized carbons (Fsp3) is 0.118. The highest BCUT2D eigenvalue weighted by Gasteiger charge is 2.16. The Kier molecular flexibility index (Phi) is 3.69. The number of hydrogen-bond donors (Lipinski definition) is 1. The van der Waals surface area contributed by atoms with Gasteiger partial charge in [0.25, 0.3) is 5.69 Å². The first-order valence-electron chi connectivity index (χ1n) is 7.02. The lowest BCUT2D eigenvalue weighted by Gasteiger charge is -2.13. The lowest BCUT2D eigenvalue weighted by Crippen LogP contribution is -2.06. The van der Waals surface area contributed by atoms with Gasteiger partial charge in [-0.1, -0.05) is 18.2 Å². The fourth-order valence-corrected chi connectivity index (χ4v) is 2.41. The summed E-state index contributed by atoms with van der Waals surface area (Å²) in [7, 11) is 0. The van der Waals surface area contributed by atoms with Crippen molar-refractivity contribution in [1.82, 2.24) is 0 Å². The van der Waals surface area contributed by atoms with Crippen LogP contribution in [0.25, 0.3) is 11.0 Å². The van der Waals surface area contributed by atoms with Gasteiger partial charge >= 0.3 is 0 Å². The van der Waals surface area contributed by atoms with Crippen molar-refractivity contribution in [3.63, 3.8) is 0 Å². The number of furan rings is 1. The van der Waals surface area contributed by atoms with Crippen LogP contribution in [0.4, 0.5) is 11.4 Å². The van der Waals surface area contributed by atoms with E-state index in [-0.39, 0.29) is 17.3 Å².